The summed E-state index contributed by atoms with van der Waals surface area (Å²) in [7, 11) is 0. The van der Waals surface area contributed by atoms with Crippen LogP contribution in [-0.4, -0.2) is 20.2 Å². The van der Waals surface area contributed by atoms with Gasteiger partial charge in [0.2, 0.25) is 5.82 Å². The SMILES string of the molecule is N#CCCn1nnc(-c2ccccc2)n1. The second-order valence-electron chi connectivity index (χ2n) is 2.98. The van der Waals surface area contributed by atoms with Crippen LogP contribution in [0.3, 0.4) is 0 Å². The van der Waals surface area contributed by atoms with Gasteiger partial charge in [0.15, 0.2) is 0 Å². The first kappa shape index (κ1) is 9.34. The molecule has 1 aromatic carbocycles. The van der Waals surface area contributed by atoms with Crippen molar-refractivity contribution in [3.8, 4) is 17.5 Å². The molecule has 0 spiro atoms. The van der Waals surface area contributed by atoms with Gasteiger partial charge in [-0.1, -0.05) is 30.3 Å². The number of hydrogen-bond donors (Lipinski definition) is 0. The highest BCUT2D eigenvalue weighted by atomic mass is 15.6. The molecule has 15 heavy (non-hydrogen) atoms. The van der Waals surface area contributed by atoms with E-state index in [0.29, 0.717) is 18.8 Å². The Balaban J connectivity index is 2.18. The molecule has 74 valence electrons. The van der Waals surface area contributed by atoms with E-state index in [1.807, 2.05) is 36.4 Å². The van der Waals surface area contributed by atoms with Crippen LogP contribution in [0.15, 0.2) is 30.3 Å². The van der Waals surface area contributed by atoms with E-state index in [0.717, 1.165) is 5.56 Å². The van der Waals surface area contributed by atoms with Crippen LogP contribution in [0, 0.1) is 11.3 Å². The van der Waals surface area contributed by atoms with Gasteiger partial charge in [0.05, 0.1) is 19.0 Å². The van der Waals surface area contributed by atoms with E-state index < -0.39 is 0 Å². The number of nitrogens with zero attached hydrogens (tertiary/aromatic N) is 5. The molecule has 0 fully saturated rings. The number of benzene rings is 1. The third kappa shape index (κ3) is 2.17. The summed E-state index contributed by atoms with van der Waals surface area (Å²) in [5.74, 6) is 0.591. The summed E-state index contributed by atoms with van der Waals surface area (Å²) in [5, 5.41) is 20.3. The van der Waals surface area contributed by atoms with Crippen LogP contribution in [0.2, 0.25) is 0 Å². The number of hydrogen-bond acceptors (Lipinski definition) is 4. The third-order valence-corrected chi connectivity index (χ3v) is 1.91. The van der Waals surface area contributed by atoms with Crippen molar-refractivity contribution in [3.63, 3.8) is 0 Å². The Bertz CT molecular complexity index is 468. The molecule has 0 aliphatic carbocycles. The molecular formula is C10H9N5. The van der Waals surface area contributed by atoms with Crippen molar-refractivity contribution < 1.29 is 0 Å². The molecule has 1 heterocycles. The van der Waals surface area contributed by atoms with E-state index in [1.165, 1.54) is 4.80 Å². The summed E-state index contributed by atoms with van der Waals surface area (Å²) in [6.45, 7) is 0.482. The zero-order valence-corrected chi connectivity index (χ0v) is 8.04. The number of tetrazole rings is 1. The normalized spacial score (nSPS) is 9.80. The first-order chi connectivity index (χ1) is 7.40. The third-order valence-electron chi connectivity index (χ3n) is 1.91. The summed E-state index contributed by atoms with van der Waals surface area (Å²) < 4.78 is 0. The molecule has 0 bridgehead atoms. The highest BCUT2D eigenvalue weighted by Crippen LogP contribution is 2.11. The van der Waals surface area contributed by atoms with E-state index in [2.05, 4.69) is 15.4 Å². The van der Waals surface area contributed by atoms with Crippen LogP contribution >= 0.6 is 0 Å². The summed E-state index contributed by atoms with van der Waals surface area (Å²) in [6.07, 6.45) is 0.393. The quantitative estimate of drug-likeness (QED) is 0.746. The standard InChI is InChI=1S/C10H9N5/c11-7-4-8-15-13-10(12-14-15)9-5-2-1-3-6-9/h1-3,5-6H,4,8H2. The molecule has 0 aliphatic heterocycles. The Morgan fingerprint density at radius 2 is 2.07 bits per heavy atom. The fourth-order valence-electron chi connectivity index (χ4n) is 1.19. The summed E-state index contributed by atoms with van der Waals surface area (Å²) in [4.78, 5) is 1.44. The maximum Gasteiger partial charge on any atom is 0.204 e. The van der Waals surface area contributed by atoms with Crippen LogP contribution in [0.5, 0.6) is 0 Å². The van der Waals surface area contributed by atoms with Crippen LogP contribution in [0.25, 0.3) is 11.4 Å². The number of nitriles is 1. The highest BCUT2D eigenvalue weighted by molar-refractivity contribution is 5.52. The van der Waals surface area contributed by atoms with Gasteiger partial charge in [0, 0.05) is 5.56 Å². The lowest BCUT2D eigenvalue weighted by Crippen LogP contribution is -2.01. The lowest BCUT2D eigenvalue weighted by Gasteiger charge is -1.92. The Kier molecular flexibility index (Phi) is 2.70. The van der Waals surface area contributed by atoms with Gasteiger partial charge < -0.3 is 0 Å². The van der Waals surface area contributed by atoms with Gasteiger partial charge in [-0.25, -0.2) is 0 Å². The van der Waals surface area contributed by atoms with Gasteiger partial charge >= 0.3 is 0 Å². The first-order valence-electron chi connectivity index (χ1n) is 4.60. The molecule has 2 aromatic rings. The van der Waals surface area contributed by atoms with Crippen molar-refractivity contribution in [2.24, 2.45) is 0 Å². The number of aromatic nitrogens is 4. The van der Waals surface area contributed by atoms with Crippen molar-refractivity contribution >= 4 is 0 Å². The maximum absolute atomic E-state index is 8.41. The van der Waals surface area contributed by atoms with Crippen LogP contribution < -0.4 is 0 Å². The molecule has 0 atom stereocenters. The second kappa shape index (κ2) is 4.33. The van der Waals surface area contributed by atoms with Crippen molar-refractivity contribution in [1.29, 1.82) is 5.26 Å². The summed E-state index contributed by atoms with van der Waals surface area (Å²) in [5.41, 5.74) is 0.931. The number of rotatable bonds is 3. The van der Waals surface area contributed by atoms with E-state index >= 15 is 0 Å². The van der Waals surface area contributed by atoms with Crippen LogP contribution in [0.4, 0.5) is 0 Å². The van der Waals surface area contributed by atoms with Gasteiger partial charge in [0.1, 0.15) is 0 Å². The molecular weight excluding hydrogens is 190 g/mol. The van der Waals surface area contributed by atoms with Gasteiger partial charge in [-0.2, -0.15) is 10.1 Å². The van der Waals surface area contributed by atoms with Gasteiger partial charge in [-0.05, 0) is 5.21 Å². The molecule has 2 rings (SSSR count). The van der Waals surface area contributed by atoms with Crippen molar-refractivity contribution in [2.45, 2.75) is 13.0 Å². The topological polar surface area (TPSA) is 67.4 Å². The average Bonchev–Trinajstić information content (AvgIpc) is 2.76. The molecule has 0 aliphatic rings. The average molecular weight is 199 g/mol. The molecule has 1 aromatic heterocycles. The Labute approximate surface area is 87.0 Å². The molecule has 0 saturated carbocycles. The van der Waals surface area contributed by atoms with Crippen LogP contribution in [-0.2, 0) is 6.54 Å². The monoisotopic (exact) mass is 199 g/mol. The largest absolute Gasteiger partial charge is 0.204 e. The Morgan fingerprint density at radius 3 is 2.80 bits per heavy atom. The van der Waals surface area contributed by atoms with Crippen molar-refractivity contribution in [2.75, 3.05) is 0 Å². The fraction of sp³-hybridized carbons (Fsp3) is 0.200. The predicted molar refractivity (Wildman–Crippen MR) is 53.5 cm³/mol. The Morgan fingerprint density at radius 1 is 1.27 bits per heavy atom. The minimum atomic E-state index is 0.393. The fourth-order valence-corrected chi connectivity index (χ4v) is 1.19. The second-order valence-corrected chi connectivity index (χ2v) is 2.98. The minimum Gasteiger partial charge on any atom is -0.198 e. The first-order valence-corrected chi connectivity index (χ1v) is 4.60. The van der Waals surface area contributed by atoms with E-state index in [1.54, 1.807) is 0 Å². The lowest BCUT2D eigenvalue weighted by molar-refractivity contribution is 0.531. The number of aryl methyl sites for hydroxylation is 1. The predicted octanol–water partition coefficient (Wildman–Crippen LogP) is 1.25. The van der Waals surface area contributed by atoms with Crippen molar-refractivity contribution in [1.82, 2.24) is 20.2 Å². The van der Waals surface area contributed by atoms with Crippen molar-refractivity contribution in [3.05, 3.63) is 30.3 Å². The molecule has 0 radical (unpaired) electrons. The molecule has 0 saturated heterocycles. The van der Waals surface area contributed by atoms with E-state index in [9.17, 15) is 0 Å². The Hall–Kier alpha value is -2.22. The smallest absolute Gasteiger partial charge is 0.198 e. The zero-order chi connectivity index (χ0) is 10.5. The summed E-state index contributed by atoms with van der Waals surface area (Å²) >= 11 is 0. The maximum atomic E-state index is 8.41. The van der Waals surface area contributed by atoms with Crippen LogP contribution in [0.1, 0.15) is 6.42 Å². The molecule has 5 heteroatoms. The molecule has 0 amide bonds. The molecule has 0 N–H and O–H groups in total. The summed E-state index contributed by atoms with van der Waals surface area (Å²) in [6, 6.07) is 11.7. The van der Waals surface area contributed by atoms with Gasteiger partial charge in [0.25, 0.3) is 0 Å². The lowest BCUT2D eigenvalue weighted by atomic mass is 10.2. The zero-order valence-electron chi connectivity index (χ0n) is 8.04. The molecule has 0 unspecified atom stereocenters. The van der Waals surface area contributed by atoms with E-state index in [4.69, 9.17) is 5.26 Å². The van der Waals surface area contributed by atoms with E-state index in [-0.39, 0.29) is 0 Å². The minimum absolute atomic E-state index is 0.393. The highest BCUT2D eigenvalue weighted by Gasteiger charge is 2.03. The molecule has 5 nitrogen and oxygen atoms in total. The van der Waals surface area contributed by atoms with Gasteiger partial charge in [-0.15, -0.1) is 10.2 Å². The van der Waals surface area contributed by atoms with Gasteiger partial charge in [-0.3, -0.25) is 0 Å².